The molecular weight excluding hydrogens is 388 g/mol. The predicted molar refractivity (Wildman–Crippen MR) is 101 cm³/mol. The molecule has 6 nitrogen and oxygen atoms in total. The number of benzene rings is 2. The number of hydrogen-bond donors (Lipinski definition) is 2. The Bertz CT molecular complexity index is 1010. The lowest BCUT2D eigenvalue weighted by molar-refractivity contribution is 0.102. The molecule has 3 rings (SSSR count). The van der Waals surface area contributed by atoms with Crippen molar-refractivity contribution in [2.45, 2.75) is 0 Å². The molecule has 0 aliphatic carbocycles. The first-order chi connectivity index (χ1) is 12.0. The number of anilines is 2. The van der Waals surface area contributed by atoms with Gasteiger partial charge in [0.15, 0.2) is 5.69 Å². The smallest absolute Gasteiger partial charge is 0.362 e. The predicted octanol–water partition coefficient (Wildman–Crippen LogP) is 3.86. The first kappa shape index (κ1) is 17.0. The number of rotatable bonds is 4. The minimum atomic E-state index is -0.621. The van der Waals surface area contributed by atoms with Crippen LogP contribution in [-0.4, -0.2) is 20.1 Å². The number of hydrogen-bond acceptors (Lipinski definition) is 5. The first-order valence-corrected chi connectivity index (χ1v) is 8.23. The van der Waals surface area contributed by atoms with Crippen LogP contribution in [0.1, 0.15) is 10.4 Å². The number of halogens is 1. The summed E-state index contributed by atoms with van der Waals surface area (Å²) in [5, 5.41) is 6.30. The number of amides is 1. The SMILES string of the molecule is CNc1c(NC(=O)c2ccc(OC)c(Br)c2)c(=O)oc2ccccc12. The molecule has 0 bridgehead atoms. The van der Waals surface area contributed by atoms with Gasteiger partial charge in [0, 0.05) is 18.0 Å². The summed E-state index contributed by atoms with van der Waals surface area (Å²) in [5.74, 6) is 0.181. The highest BCUT2D eigenvalue weighted by Crippen LogP contribution is 2.29. The molecule has 1 amide bonds. The summed E-state index contributed by atoms with van der Waals surface area (Å²) < 4.78 is 11.1. The topological polar surface area (TPSA) is 80.6 Å². The fraction of sp³-hybridized carbons (Fsp3) is 0.111. The van der Waals surface area contributed by atoms with Gasteiger partial charge in [0.1, 0.15) is 11.3 Å². The van der Waals surface area contributed by atoms with E-state index in [1.54, 1.807) is 44.5 Å². The van der Waals surface area contributed by atoms with E-state index in [1.165, 1.54) is 0 Å². The number of nitrogens with one attached hydrogen (secondary N) is 2. The van der Waals surface area contributed by atoms with Gasteiger partial charge in [-0.05, 0) is 46.3 Å². The van der Waals surface area contributed by atoms with E-state index in [9.17, 15) is 9.59 Å². The number of ether oxygens (including phenoxy) is 1. The molecule has 0 aliphatic heterocycles. The number of fused-ring (bicyclic) bond motifs is 1. The van der Waals surface area contributed by atoms with Crippen LogP contribution < -0.4 is 21.0 Å². The molecule has 0 atom stereocenters. The van der Waals surface area contributed by atoms with Crippen molar-refractivity contribution in [2.75, 3.05) is 24.8 Å². The van der Waals surface area contributed by atoms with Gasteiger partial charge in [-0.15, -0.1) is 0 Å². The van der Waals surface area contributed by atoms with Crippen molar-refractivity contribution in [3.63, 3.8) is 0 Å². The van der Waals surface area contributed by atoms with Crippen LogP contribution >= 0.6 is 15.9 Å². The van der Waals surface area contributed by atoms with Gasteiger partial charge in [-0.3, -0.25) is 4.79 Å². The molecule has 1 aromatic heterocycles. The Hall–Kier alpha value is -2.80. The second kappa shape index (κ2) is 6.98. The lowest BCUT2D eigenvalue weighted by Crippen LogP contribution is -2.19. The zero-order chi connectivity index (χ0) is 18.0. The molecule has 3 aromatic rings. The standard InChI is InChI=1S/C18H15BrN2O4/c1-20-15-11-5-3-4-6-13(11)25-18(23)16(15)21-17(22)10-7-8-14(24-2)12(19)9-10/h3-9,20H,1-2H3,(H,21,22). The van der Waals surface area contributed by atoms with Crippen molar-refractivity contribution in [3.05, 3.63) is 62.9 Å². The highest BCUT2D eigenvalue weighted by molar-refractivity contribution is 9.10. The maximum absolute atomic E-state index is 12.5. The normalized spacial score (nSPS) is 10.5. The van der Waals surface area contributed by atoms with Crippen LogP contribution in [0.25, 0.3) is 11.0 Å². The number of carbonyl (C=O) groups is 1. The van der Waals surface area contributed by atoms with Gasteiger partial charge in [-0.1, -0.05) is 12.1 Å². The maximum atomic E-state index is 12.5. The van der Waals surface area contributed by atoms with E-state index in [1.807, 2.05) is 12.1 Å². The Morgan fingerprint density at radius 1 is 1.16 bits per heavy atom. The van der Waals surface area contributed by atoms with Gasteiger partial charge in [-0.25, -0.2) is 4.79 Å². The zero-order valence-electron chi connectivity index (χ0n) is 13.6. The third-order valence-corrected chi connectivity index (χ3v) is 4.34. The monoisotopic (exact) mass is 402 g/mol. The quantitative estimate of drug-likeness (QED) is 0.647. The molecule has 2 aromatic carbocycles. The van der Waals surface area contributed by atoms with Crippen LogP contribution in [0, 0.1) is 0 Å². The summed E-state index contributed by atoms with van der Waals surface area (Å²) in [5.41, 5.74) is 0.777. The Balaban J connectivity index is 2.02. The van der Waals surface area contributed by atoms with Crippen LogP contribution in [-0.2, 0) is 0 Å². The molecule has 1 heterocycles. The fourth-order valence-corrected chi connectivity index (χ4v) is 3.06. The average Bonchev–Trinajstić information content (AvgIpc) is 2.62. The third-order valence-electron chi connectivity index (χ3n) is 3.72. The van der Waals surface area contributed by atoms with E-state index < -0.39 is 11.5 Å². The van der Waals surface area contributed by atoms with E-state index >= 15 is 0 Å². The first-order valence-electron chi connectivity index (χ1n) is 7.43. The summed E-state index contributed by atoms with van der Waals surface area (Å²) in [6.45, 7) is 0. The summed E-state index contributed by atoms with van der Waals surface area (Å²) >= 11 is 3.34. The second-order valence-corrected chi connectivity index (χ2v) is 6.04. The van der Waals surface area contributed by atoms with Gasteiger partial charge in [0.2, 0.25) is 0 Å². The lowest BCUT2D eigenvalue weighted by atomic mass is 10.1. The molecule has 0 aliphatic rings. The van der Waals surface area contributed by atoms with Crippen LogP contribution in [0.5, 0.6) is 5.75 Å². The highest BCUT2D eigenvalue weighted by atomic mass is 79.9. The lowest BCUT2D eigenvalue weighted by Gasteiger charge is -2.12. The third kappa shape index (κ3) is 3.23. The van der Waals surface area contributed by atoms with Crippen molar-refractivity contribution in [2.24, 2.45) is 0 Å². The van der Waals surface area contributed by atoms with E-state index in [-0.39, 0.29) is 5.69 Å². The van der Waals surface area contributed by atoms with Gasteiger partial charge >= 0.3 is 5.63 Å². The van der Waals surface area contributed by atoms with Crippen molar-refractivity contribution in [1.29, 1.82) is 0 Å². The molecular formula is C18H15BrN2O4. The molecule has 7 heteroatoms. The van der Waals surface area contributed by atoms with Crippen molar-refractivity contribution in [1.82, 2.24) is 0 Å². The average molecular weight is 403 g/mol. The minimum Gasteiger partial charge on any atom is -0.496 e. The Morgan fingerprint density at radius 3 is 2.60 bits per heavy atom. The number of carbonyl (C=O) groups excluding carboxylic acids is 1. The van der Waals surface area contributed by atoms with Crippen LogP contribution in [0.2, 0.25) is 0 Å². The molecule has 0 unspecified atom stereocenters. The van der Waals surface area contributed by atoms with Crippen LogP contribution in [0.4, 0.5) is 11.4 Å². The Morgan fingerprint density at radius 2 is 1.92 bits per heavy atom. The molecule has 0 saturated carbocycles. The van der Waals surface area contributed by atoms with Gasteiger partial charge in [0.05, 0.1) is 17.3 Å². The van der Waals surface area contributed by atoms with Gasteiger partial charge in [0.25, 0.3) is 5.91 Å². The molecule has 128 valence electrons. The van der Waals surface area contributed by atoms with E-state index in [0.717, 1.165) is 0 Å². The second-order valence-electron chi connectivity index (χ2n) is 5.19. The molecule has 25 heavy (non-hydrogen) atoms. The number of para-hydroxylation sites is 1. The van der Waals surface area contributed by atoms with Crippen molar-refractivity contribution >= 4 is 44.2 Å². The van der Waals surface area contributed by atoms with Crippen LogP contribution in [0.3, 0.4) is 0 Å². The van der Waals surface area contributed by atoms with E-state index in [0.29, 0.717) is 32.4 Å². The maximum Gasteiger partial charge on any atom is 0.362 e. The van der Waals surface area contributed by atoms with E-state index in [2.05, 4.69) is 26.6 Å². The highest BCUT2D eigenvalue weighted by Gasteiger charge is 2.17. The molecule has 0 fully saturated rings. The molecule has 0 spiro atoms. The Kier molecular flexibility index (Phi) is 4.76. The number of methoxy groups -OCH3 is 1. The van der Waals surface area contributed by atoms with E-state index in [4.69, 9.17) is 9.15 Å². The molecule has 2 N–H and O–H groups in total. The summed E-state index contributed by atoms with van der Waals surface area (Å²) in [6.07, 6.45) is 0. The van der Waals surface area contributed by atoms with Gasteiger partial charge < -0.3 is 19.8 Å². The Labute approximate surface area is 151 Å². The summed E-state index contributed by atoms with van der Waals surface area (Å²) in [4.78, 5) is 24.8. The van der Waals surface area contributed by atoms with Gasteiger partial charge in [-0.2, -0.15) is 0 Å². The molecule has 0 saturated heterocycles. The molecule has 0 radical (unpaired) electrons. The zero-order valence-corrected chi connectivity index (χ0v) is 15.1. The summed E-state index contributed by atoms with van der Waals surface area (Å²) in [7, 11) is 3.22. The minimum absolute atomic E-state index is 0.0677. The van der Waals surface area contributed by atoms with Crippen molar-refractivity contribution in [3.8, 4) is 5.75 Å². The fourth-order valence-electron chi connectivity index (χ4n) is 2.52. The largest absolute Gasteiger partial charge is 0.496 e. The van der Waals surface area contributed by atoms with Crippen LogP contribution in [0.15, 0.2) is 56.1 Å². The summed E-state index contributed by atoms with van der Waals surface area (Å²) in [6, 6.07) is 12.0. The van der Waals surface area contributed by atoms with Crippen molar-refractivity contribution < 1.29 is 13.9 Å².